The first-order valence-electron chi connectivity index (χ1n) is 6.93. The third-order valence-electron chi connectivity index (χ3n) is 3.29. The predicted octanol–water partition coefficient (Wildman–Crippen LogP) is 3.50. The maximum absolute atomic E-state index is 13.1. The summed E-state index contributed by atoms with van der Waals surface area (Å²) >= 11 is 0. The van der Waals surface area contributed by atoms with Gasteiger partial charge in [0, 0.05) is 11.7 Å². The van der Waals surface area contributed by atoms with Crippen LogP contribution in [0.15, 0.2) is 54.6 Å². The normalized spacial score (nSPS) is 13.5. The van der Waals surface area contributed by atoms with Gasteiger partial charge in [-0.25, -0.2) is 4.39 Å². The quantitative estimate of drug-likeness (QED) is 0.883. The molecule has 2 aromatic carbocycles. The Morgan fingerprint density at radius 2 is 1.76 bits per heavy atom. The smallest absolute Gasteiger partial charge is 0.241 e. The van der Waals surface area contributed by atoms with Crippen LogP contribution in [0.25, 0.3) is 0 Å². The van der Waals surface area contributed by atoms with Gasteiger partial charge in [0.15, 0.2) is 0 Å². The molecule has 0 aliphatic rings. The molecular weight excluding hydrogens is 267 g/mol. The molecule has 2 rings (SSSR count). The minimum absolute atomic E-state index is 0.0551. The average molecular weight is 286 g/mol. The van der Waals surface area contributed by atoms with Gasteiger partial charge in [-0.15, -0.1) is 0 Å². The second-order valence-corrected chi connectivity index (χ2v) is 5.02. The zero-order chi connectivity index (χ0) is 15.2. The lowest BCUT2D eigenvalue weighted by Gasteiger charge is -2.20. The van der Waals surface area contributed by atoms with E-state index >= 15 is 0 Å². The third-order valence-corrected chi connectivity index (χ3v) is 3.29. The maximum atomic E-state index is 13.1. The van der Waals surface area contributed by atoms with Crippen LogP contribution in [-0.2, 0) is 4.79 Å². The minimum Gasteiger partial charge on any atom is -0.325 e. The lowest BCUT2D eigenvalue weighted by Crippen LogP contribution is -2.39. The molecule has 0 saturated heterocycles. The van der Waals surface area contributed by atoms with Gasteiger partial charge in [0.1, 0.15) is 5.82 Å². The van der Waals surface area contributed by atoms with Crippen LogP contribution in [0.2, 0.25) is 0 Å². The van der Waals surface area contributed by atoms with Crippen molar-refractivity contribution >= 4 is 11.6 Å². The van der Waals surface area contributed by atoms with Gasteiger partial charge in [0.2, 0.25) is 5.91 Å². The summed E-state index contributed by atoms with van der Waals surface area (Å²) in [5, 5.41) is 5.92. The monoisotopic (exact) mass is 286 g/mol. The van der Waals surface area contributed by atoms with Gasteiger partial charge in [-0.3, -0.25) is 10.1 Å². The molecule has 21 heavy (non-hydrogen) atoms. The van der Waals surface area contributed by atoms with Gasteiger partial charge in [-0.05, 0) is 37.6 Å². The van der Waals surface area contributed by atoms with Crippen molar-refractivity contribution in [2.45, 2.75) is 25.9 Å². The van der Waals surface area contributed by atoms with E-state index in [2.05, 4.69) is 10.6 Å². The van der Waals surface area contributed by atoms with Crippen LogP contribution < -0.4 is 10.6 Å². The molecule has 110 valence electrons. The molecular formula is C17H19FN2O. The van der Waals surface area contributed by atoms with Crippen molar-refractivity contribution in [2.24, 2.45) is 0 Å². The Morgan fingerprint density at radius 1 is 1.05 bits per heavy atom. The number of hydrogen-bond acceptors (Lipinski definition) is 2. The van der Waals surface area contributed by atoms with Crippen molar-refractivity contribution in [1.29, 1.82) is 0 Å². The van der Waals surface area contributed by atoms with Crippen molar-refractivity contribution in [3.63, 3.8) is 0 Å². The SMILES string of the molecule is C[C@H](N[C@H](C)C(=O)Nc1cccc(F)c1)c1ccccc1. The van der Waals surface area contributed by atoms with E-state index in [1.165, 1.54) is 12.1 Å². The van der Waals surface area contributed by atoms with Crippen molar-refractivity contribution < 1.29 is 9.18 Å². The molecule has 0 spiro atoms. The molecule has 2 atom stereocenters. The Kier molecular flexibility index (Phi) is 5.06. The molecule has 0 aromatic heterocycles. The van der Waals surface area contributed by atoms with Crippen LogP contribution in [0, 0.1) is 5.82 Å². The summed E-state index contributed by atoms with van der Waals surface area (Å²) in [6.07, 6.45) is 0. The molecule has 0 radical (unpaired) electrons. The molecule has 0 aliphatic heterocycles. The highest BCUT2D eigenvalue weighted by atomic mass is 19.1. The van der Waals surface area contributed by atoms with Gasteiger partial charge < -0.3 is 5.32 Å². The standard InChI is InChI=1S/C17H19FN2O/c1-12(14-7-4-3-5-8-14)19-13(2)17(21)20-16-10-6-9-15(18)11-16/h3-13,19H,1-2H3,(H,20,21)/t12-,13+/m0/s1. The Balaban J connectivity index is 1.93. The molecule has 4 heteroatoms. The first-order chi connectivity index (χ1) is 10.1. The lowest BCUT2D eigenvalue weighted by atomic mass is 10.1. The first kappa shape index (κ1) is 15.2. The second-order valence-electron chi connectivity index (χ2n) is 5.02. The molecule has 0 aliphatic carbocycles. The van der Waals surface area contributed by atoms with Crippen molar-refractivity contribution in [3.8, 4) is 0 Å². The number of halogens is 1. The van der Waals surface area contributed by atoms with E-state index in [-0.39, 0.29) is 23.8 Å². The fraction of sp³-hybridized carbons (Fsp3) is 0.235. The van der Waals surface area contributed by atoms with Crippen LogP contribution in [0.4, 0.5) is 10.1 Å². The van der Waals surface area contributed by atoms with E-state index in [0.717, 1.165) is 5.56 Å². The fourth-order valence-electron chi connectivity index (χ4n) is 2.11. The summed E-state index contributed by atoms with van der Waals surface area (Å²) in [6, 6.07) is 15.4. The Bertz CT molecular complexity index is 601. The van der Waals surface area contributed by atoms with Gasteiger partial charge in [-0.1, -0.05) is 36.4 Å². The molecule has 0 unspecified atom stereocenters. The molecule has 0 bridgehead atoms. The molecule has 3 nitrogen and oxygen atoms in total. The molecule has 2 aromatic rings. The summed E-state index contributed by atoms with van der Waals surface area (Å²) in [7, 11) is 0. The van der Waals surface area contributed by atoms with Crippen LogP contribution in [0.5, 0.6) is 0 Å². The largest absolute Gasteiger partial charge is 0.325 e. The van der Waals surface area contributed by atoms with E-state index in [9.17, 15) is 9.18 Å². The average Bonchev–Trinajstić information content (AvgIpc) is 2.48. The van der Waals surface area contributed by atoms with Crippen LogP contribution in [0.1, 0.15) is 25.5 Å². The number of carbonyl (C=O) groups is 1. The van der Waals surface area contributed by atoms with E-state index in [0.29, 0.717) is 5.69 Å². The Hall–Kier alpha value is -2.20. The summed E-state index contributed by atoms with van der Waals surface area (Å²) in [5.41, 5.74) is 1.57. The van der Waals surface area contributed by atoms with Gasteiger partial charge in [0.05, 0.1) is 6.04 Å². The van der Waals surface area contributed by atoms with Gasteiger partial charge in [0.25, 0.3) is 0 Å². The summed E-state index contributed by atoms with van der Waals surface area (Å²) in [4.78, 5) is 12.1. The van der Waals surface area contributed by atoms with Crippen LogP contribution in [-0.4, -0.2) is 11.9 Å². The molecule has 2 N–H and O–H groups in total. The molecule has 0 fully saturated rings. The molecule has 0 heterocycles. The topological polar surface area (TPSA) is 41.1 Å². The van der Waals surface area contributed by atoms with Crippen LogP contribution in [0.3, 0.4) is 0 Å². The van der Waals surface area contributed by atoms with E-state index in [1.54, 1.807) is 19.1 Å². The first-order valence-corrected chi connectivity index (χ1v) is 6.93. The van der Waals surface area contributed by atoms with Crippen molar-refractivity contribution in [3.05, 3.63) is 66.0 Å². The second kappa shape index (κ2) is 6.99. The highest BCUT2D eigenvalue weighted by Crippen LogP contribution is 2.13. The number of rotatable bonds is 5. The zero-order valence-corrected chi connectivity index (χ0v) is 12.1. The number of carbonyl (C=O) groups excluding carboxylic acids is 1. The third kappa shape index (κ3) is 4.39. The summed E-state index contributed by atoms with van der Waals surface area (Å²) < 4.78 is 13.1. The Labute approximate surface area is 124 Å². The number of nitrogens with one attached hydrogen (secondary N) is 2. The highest BCUT2D eigenvalue weighted by Gasteiger charge is 2.16. The zero-order valence-electron chi connectivity index (χ0n) is 12.1. The summed E-state index contributed by atoms with van der Waals surface area (Å²) in [6.45, 7) is 3.79. The van der Waals surface area contributed by atoms with Crippen molar-refractivity contribution in [1.82, 2.24) is 5.32 Å². The van der Waals surface area contributed by atoms with Gasteiger partial charge >= 0.3 is 0 Å². The van der Waals surface area contributed by atoms with Gasteiger partial charge in [-0.2, -0.15) is 0 Å². The number of hydrogen-bond donors (Lipinski definition) is 2. The maximum Gasteiger partial charge on any atom is 0.241 e. The Morgan fingerprint density at radius 3 is 2.43 bits per heavy atom. The predicted molar refractivity (Wildman–Crippen MR) is 82.5 cm³/mol. The van der Waals surface area contributed by atoms with E-state index in [4.69, 9.17) is 0 Å². The molecule has 1 amide bonds. The highest BCUT2D eigenvalue weighted by molar-refractivity contribution is 5.94. The van der Waals surface area contributed by atoms with Crippen molar-refractivity contribution in [2.75, 3.05) is 5.32 Å². The summed E-state index contributed by atoms with van der Waals surface area (Å²) in [5.74, 6) is -0.561. The fourth-order valence-corrected chi connectivity index (χ4v) is 2.11. The van der Waals surface area contributed by atoms with E-state index in [1.807, 2.05) is 37.3 Å². The number of amides is 1. The molecule has 0 saturated carbocycles. The minimum atomic E-state index is -0.386. The number of anilines is 1. The lowest BCUT2D eigenvalue weighted by molar-refractivity contribution is -0.117. The van der Waals surface area contributed by atoms with Crippen LogP contribution >= 0.6 is 0 Å². The van der Waals surface area contributed by atoms with E-state index < -0.39 is 0 Å². The number of benzene rings is 2.